The molecule has 4 nitrogen and oxygen atoms in total. The van der Waals surface area contributed by atoms with E-state index in [-0.39, 0.29) is 5.91 Å². The fourth-order valence-electron chi connectivity index (χ4n) is 2.72. The number of rotatable bonds is 4. The first-order chi connectivity index (χ1) is 12.0. The Bertz CT molecular complexity index is 884. The van der Waals surface area contributed by atoms with E-state index in [9.17, 15) is 4.79 Å². The maximum Gasteiger partial charge on any atom is 0.271 e. The van der Waals surface area contributed by atoms with Gasteiger partial charge in [0.05, 0.1) is 6.21 Å². The lowest BCUT2D eigenvalue weighted by Crippen LogP contribution is -2.17. The quantitative estimate of drug-likeness (QED) is 0.566. The van der Waals surface area contributed by atoms with Crippen molar-refractivity contribution in [2.75, 3.05) is 0 Å². The number of aryl methyl sites for hydroxylation is 3. The van der Waals surface area contributed by atoms with Crippen molar-refractivity contribution in [2.45, 2.75) is 20.8 Å². The molecule has 1 N–H and O–H groups in total. The van der Waals surface area contributed by atoms with Crippen LogP contribution in [0.3, 0.4) is 0 Å². The summed E-state index contributed by atoms with van der Waals surface area (Å²) in [5.74, 6) is -0.226. The molecule has 0 spiro atoms. The molecule has 3 aromatic rings. The molecule has 0 bridgehead atoms. The highest BCUT2D eigenvalue weighted by atomic mass is 16.2. The second-order valence-electron chi connectivity index (χ2n) is 6.11. The topological polar surface area (TPSA) is 46.4 Å². The van der Waals surface area contributed by atoms with Gasteiger partial charge >= 0.3 is 0 Å². The van der Waals surface area contributed by atoms with Crippen LogP contribution in [0, 0.1) is 20.8 Å². The number of carbonyl (C=O) groups is 1. The molecule has 0 aliphatic rings. The minimum Gasteiger partial charge on any atom is -0.319 e. The van der Waals surface area contributed by atoms with Crippen LogP contribution in [0.15, 0.2) is 65.8 Å². The van der Waals surface area contributed by atoms with E-state index in [1.807, 2.05) is 55.5 Å². The number of benzene rings is 2. The molecule has 0 aliphatic carbocycles. The van der Waals surface area contributed by atoms with Crippen LogP contribution in [0.1, 0.15) is 32.9 Å². The van der Waals surface area contributed by atoms with Crippen LogP contribution in [0.25, 0.3) is 5.69 Å². The zero-order chi connectivity index (χ0) is 17.8. The molecule has 1 aromatic heterocycles. The lowest BCUT2D eigenvalue weighted by molar-refractivity contribution is 0.0955. The average molecular weight is 331 g/mol. The lowest BCUT2D eigenvalue weighted by atomic mass is 10.2. The Morgan fingerprint density at radius 3 is 2.08 bits per heavy atom. The van der Waals surface area contributed by atoms with Gasteiger partial charge in [-0.2, -0.15) is 5.10 Å². The fraction of sp³-hybridized carbons (Fsp3) is 0.143. The number of nitrogens with zero attached hydrogens (tertiary/aromatic N) is 2. The largest absolute Gasteiger partial charge is 0.319 e. The maximum atomic E-state index is 12.2. The summed E-state index contributed by atoms with van der Waals surface area (Å²) >= 11 is 0. The summed E-state index contributed by atoms with van der Waals surface area (Å²) in [4.78, 5) is 12.2. The van der Waals surface area contributed by atoms with Gasteiger partial charge in [0.15, 0.2) is 0 Å². The fourth-order valence-corrected chi connectivity index (χ4v) is 2.72. The third-order valence-corrected chi connectivity index (χ3v) is 4.12. The zero-order valence-corrected chi connectivity index (χ0v) is 14.7. The number of carbonyl (C=O) groups excluding carboxylic acids is 1. The van der Waals surface area contributed by atoms with Gasteiger partial charge in [-0.15, -0.1) is 0 Å². The Kier molecular flexibility index (Phi) is 4.80. The molecule has 0 radical (unpaired) electrons. The Labute approximate surface area is 147 Å². The van der Waals surface area contributed by atoms with Gasteiger partial charge in [0.1, 0.15) is 0 Å². The second-order valence-corrected chi connectivity index (χ2v) is 6.11. The van der Waals surface area contributed by atoms with Gasteiger partial charge < -0.3 is 4.57 Å². The first-order valence-corrected chi connectivity index (χ1v) is 8.20. The number of aromatic nitrogens is 1. The van der Waals surface area contributed by atoms with Crippen LogP contribution in [0.4, 0.5) is 0 Å². The van der Waals surface area contributed by atoms with Gasteiger partial charge in [-0.25, -0.2) is 5.43 Å². The normalized spacial score (nSPS) is 11.0. The van der Waals surface area contributed by atoms with Crippen LogP contribution in [0.2, 0.25) is 0 Å². The highest BCUT2D eigenvalue weighted by Crippen LogP contribution is 2.16. The van der Waals surface area contributed by atoms with Gasteiger partial charge in [-0.05, 0) is 62.7 Å². The number of amides is 1. The van der Waals surface area contributed by atoms with Crippen LogP contribution in [-0.2, 0) is 0 Å². The summed E-state index contributed by atoms with van der Waals surface area (Å²) in [5.41, 5.74) is 8.64. The monoisotopic (exact) mass is 331 g/mol. The van der Waals surface area contributed by atoms with E-state index in [0.717, 1.165) is 22.6 Å². The predicted molar refractivity (Wildman–Crippen MR) is 101 cm³/mol. The summed E-state index contributed by atoms with van der Waals surface area (Å²) in [6.45, 7) is 6.16. The maximum absolute atomic E-state index is 12.2. The first kappa shape index (κ1) is 16.7. The molecule has 0 saturated carbocycles. The van der Waals surface area contributed by atoms with Crippen molar-refractivity contribution < 1.29 is 4.79 Å². The minimum absolute atomic E-state index is 0.226. The molecule has 0 unspecified atom stereocenters. The molecule has 3 rings (SSSR count). The van der Waals surface area contributed by atoms with Gasteiger partial charge in [-0.3, -0.25) is 4.79 Å². The molecule has 1 heterocycles. The Hall–Kier alpha value is -3.14. The molecule has 0 saturated heterocycles. The minimum atomic E-state index is -0.226. The number of hydrogen-bond donors (Lipinski definition) is 1. The van der Waals surface area contributed by atoms with Crippen molar-refractivity contribution in [3.63, 3.8) is 0 Å². The van der Waals surface area contributed by atoms with Gasteiger partial charge in [0.2, 0.25) is 0 Å². The van der Waals surface area contributed by atoms with Crippen molar-refractivity contribution in [1.82, 2.24) is 9.99 Å². The first-order valence-electron chi connectivity index (χ1n) is 8.20. The van der Waals surface area contributed by atoms with E-state index >= 15 is 0 Å². The molecule has 126 valence electrons. The molecular weight excluding hydrogens is 310 g/mol. The summed E-state index contributed by atoms with van der Waals surface area (Å²) in [6, 6.07) is 19.6. The third-order valence-electron chi connectivity index (χ3n) is 4.12. The zero-order valence-electron chi connectivity index (χ0n) is 14.7. The van der Waals surface area contributed by atoms with Crippen LogP contribution in [-0.4, -0.2) is 16.7 Å². The van der Waals surface area contributed by atoms with Crippen LogP contribution in [0.5, 0.6) is 0 Å². The Morgan fingerprint density at radius 2 is 1.48 bits per heavy atom. The molecular formula is C21H21N3O. The van der Waals surface area contributed by atoms with E-state index in [1.165, 1.54) is 5.56 Å². The lowest BCUT2D eigenvalue weighted by Gasteiger charge is -2.10. The third kappa shape index (κ3) is 3.86. The Morgan fingerprint density at radius 1 is 0.880 bits per heavy atom. The van der Waals surface area contributed by atoms with Gasteiger partial charge in [0.25, 0.3) is 5.91 Å². The number of hydrazone groups is 1. The van der Waals surface area contributed by atoms with E-state index in [4.69, 9.17) is 0 Å². The van der Waals surface area contributed by atoms with E-state index in [2.05, 4.69) is 41.1 Å². The van der Waals surface area contributed by atoms with Gasteiger partial charge in [0, 0.05) is 22.6 Å². The van der Waals surface area contributed by atoms with Crippen molar-refractivity contribution in [2.24, 2.45) is 5.10 Å². The smallest absolute Gasteiger partial charge is 0.271 e. The molecule has 2 aromatic carbocycles. The highest BCUT2D eigenvalue weighted by Gasteiger charge is 2.07. The number of nitrogens with one attached hydrogen (secondary N) is 1. The second kappa shape index (κ2) is 7.18. The van der Waals surface area contributed by atoms with E-state index in [0.29, 0.717) is 5.56 Å². The summed E-state index contributed by atoms with van der Waals surface area (Å²) < 4.78 is 2.15. The van der Waals surface area contributed by atoms with Crippen molar-refractivity contribution in [3.05, 3.63) is 88.7 Å². The van der Waals surface area contributed by atoms with Crippen molar-refractivity contribution in [3.8, 4) is 5.69 Å². The molecule has 0 aliphatic heterocycles. The van der Waals surface area contributed by atoms with Crippen LogP contribution >= 0.6 is 0 Å². The SMILES string of the molecule is Cc1ccc(/C=N\NC(=O)c2ccc(-n3c(C)ccc3C)cc2)cc1. The Balaban J connectivity index is 1.68. The molecule has 4 heteroatoms. The molecule has 0 fully saturated rings. The van der Waals surface area contributed by atoms with E-state index < -0.39 is 0 Å². The molecule has 25 heavy (non-hydrogen) atoms. The standard InChI is InChI=1S/C21H21N3O/c1-15-4-8-18(9-5-15)14-22-23-21(25)19-10-12-20(13-11-19)24-16(2)6-7-17(24)3/h4-14H,1-3H3,(H,23,25)/b22-14-. The highest BCUT2D eigenvalue weighted by molar-refractivity contribution is 5.95. The van der Waals surface area contributed by atoms with E-state index in [1.54, 1.807) is 6.21 Å². The van der Waals surface area contributed by atoms with Crippen LogP contribution < -0.4 is 5.43 Å². The average Bonchev–Trinajstić information content (AvgIpc) is 2.95. The van der Waals surface area contributed by atoms with Crippen molar-refractivity contribution in [1.29, 1.82) is 0 Å². The molecule has 0 atom stereocenters. The predicted octanol–water partition coefficient (Wildman–Crippen LogP) is 4.17. The number of hydrogen-bond acceptors (Lipinski definition) is 2. The van der Waals surface area contributed by atoms with Gasteiger partial charge in [-0.1, -0.05) is 29.8 Å². The van der Waals surface area contributed by atoms with Crippen molar-refractivity contribution >= 4 is 12.1 Å². The summed E-state index contributed by atoms with van der Waals surface area (Å²) in [7, 11) is 0. The summed E-state index contributed by atoms with van der Waals surface area (Å²) in [5, 5.41) is 4.02. The molecule has 1 amide bonds. The summed E-state index contributed by atoms with van der Waals surface area (Å²) in [6.07, 6.45) is 1.64.